The van der Waals surface area contributed by atoms with Gasteiger partial charge in [-0.15, -0.1) is 0 Å². The third kappa shape index (κ3) is 8.83. The molecule has 188 valence electrons. The Kier molecular flexibility index (Phi) is 9.48. The average molecular weight is 493 g/mol. The molecule has 4 N–H and O–H groups in total. The van der Waals surface area contributed by atoms with Crippen molar-refractivity contribution >= 4 is 23.3 Å². The number of hydrogen-bond acceptors (Lipinski definition) is 6. The number of rotatable bonds is 12. The number of carboxylic acids is 1. The third-order valence-corrected chi connectivity index (χ3v) is 4.96. The van der Waals surface area contributed by atoms with Crippen LogP contribution in [0, 0.1) is 11.3 Å². The lowest BCUT2D eigenvalue weighted by Gasteiger charge is -2.23. The maximum Gasteiger partial charge on any atom is 0.417 e. The van der Waals surface area contributed by atoms with E-state index in [-0.39, 0.29) is 12.1 Å². The first-order valence-corrected chi connectivity index (χ1v) is 10.8. The molecule has 35 heavy (non-hydrogen) atoms. The Morgan fingerprint density at radius 2 is 1.71 bits per heavy atom. The predicted molar refractivity (Wildman–Crippen MR) is 122 cm³/mol. The molecule has 1 unspecified atom stereocenters. The van der Waals surface area contributed by atoms with E-state index in [1.165, 1.54) is 6.07 Å². The number of carbonyl (C=O) groups is 2. The van der Waals surface area contributed by atoms with Crippen LogP contribution in [0.2, 0.25) is 0 Å². The monoisotopic (exact) mass is 493 g/mol. The number of amides is 1. The van der Waals surface area contributed by atoms with Gasteiger partial charge in [-0.05, 0) is 62.2 Å². The van der Waals surface area contributed by atoms with Crippen LogP contribution in [0.15, 0.2) is 42.5 Å². The molecule has 0 aliphatic rings. The molecule has 0 heterocycles. The van der Waals surface area contributed by atoms with E-state index < -0.39 is 41.4 Å². The van der Waals surface area contributed by atoms with Crippen molar-refractivity contribution in [1.82, 2.24) is 0 Å². The molecule has 0 fully saturated rings. The fraction of sp³-hybridized carbons (Fsp3) is 0.375. The number of nitrogens with zero attached hydrogens (tertiary/aromatic N) is 1. The van der Waals surface area contributed by atoms with Crippen LogP contribution in [-0.2, 0) is 15.8 Å². The van der Waals surface area contributed by atoms with Gasteiger partial charge in [0, 0.05) is 24.3 Å². The fourth-order valence-corrected chi connectivity index (χ4v) is 2.99. The molecule has 0 aliphatic carbocycles. The van der Waals surface area contributed by atoms with Crippen molar-refractivity contribution in [2.24, 2.45) is 0 Å². The van der Waals surface area contributed by atoms with E-state index in [1.807, 2.05) is 0 Å². The lowest BCUT2D eigenvalue weighted by molar-refractivity contribution is -0.138. The van der Waals surface area contributed by atoms with Crippen molar-refractivity contribution in [1.29, 1.82) is 5.26 Å². The predicted octanol–water partition coefficient (Wildman–Crippen LogP) is 4.40. The van der Waals surface area contributed by atoms with Gasteiger partial charge in [0.25, 0.3) is 5.91 Å². The van der Waals surface area contributed by atoms with Crippen LogP contribution in [0.25, 0.3) is 0 Å². The topological polar surface area (TPSA) is 132 Å². The van der Waals surface area contributed by atoms with E-state index in [4.69, 9.17) is 15.1 Å². The van der Waals surface area contributed by atoms with E-state index in [0.29, 0.717) is 24.8 Å². The van der Waals surface area contributed by atoms with Crippen LogP contribution in [-0.4, -0.2) is 40.8 Å². The first kappa shape index (κ1) is 27.5. The van der Waals surface area contributed by atoms with Gasteiger partial charge in [0.1, 0.15) is 12.4 Å². The minimum atomic E-state index is -4.78. The minimum Gasteiger partial charge on any atom is -0.490 e. The van der Waals surface area contributed by atoms with E-state index in [1.54, 1.807) is 24.3 Å². The summed E-state index contributed by atoms with van der Waals surface area (Å²) in [6.45, 7) is 1.37. The van der Waals surface area contributed by atoms with Gasteiger partial charge in [-0.25, -0.2) is 0 Å². The summed E-state index contributed by atoms with van der Waals surface area (Å²) in [5.41, 5.74) is -3.25. The number of aliphatic hydroxyl groups is 1. The number of alkyl halides is 3. The van der Waals surface area contributed by atoms with Gasteiger partial charge in [-0.3, -0.25) is 9.59 Å². The van der Waals surface area contributed by atoms with Crippen molar-refractivity contribution in [2.45, 2.75) is 44.4 Å². The molecule has 0 saturated carbocycles. The second-order valence-electron chi connectivity index (χ2n) is 8.04. The number of benzene rings is 2. The first-order chi connectivity index (χ1) is 16.4. The van der Waals surface area contributed by atoms with Crippen LogP contribution < -0.4 is 15.4 Å². The van der Waals surface area contributed by atoms with E-state index in [0.717, 1.165) is 37.6 Å². The molecular formula is C24H26F3N3O5. The number of nitrogens with one attached hydrogen (secondary N) is 2. The Bertz CT molecular complexity index is 1060. The number of unbranched alkanes of at least 4 members (excludes halogenated alkanes) is 2. The van der Waals surface area contributed by atoms with Crippen molar-refractivity contribution < 1.29 is 37.7 Å². The van der Waals surface area contributed by atoms with Crippen LogP contribution in [0.3, 0.4) is 0 Å². The average Bonchev–Trinajstić information content (AvgIpc) is 2.80. The molecule has 11 heteroatoms. The van der Waals surface area contributed by atoms with Gasteiger partial charge < -0.3 is 25.6 Å². The van der Waals surface area contributed by atoms with E-state index in [2.05, 4.69) is 10.6 Å². The highest BCUT2D eigenvalue weighted by atomic mass is 19.4. The molecule has 1 atom stereocenters. The fourth-order valence-electron chi connectivity index (χ4n) is 2.99. The highest BCUT2D eigenvalue weighted by Gasteiger charge is 2.35. The normalized spacial score (nSPS) is 12.8. The quantitative estimate of drug-likeness (QED) is 0.322. The molecular weight excluding hydrogens is 467 g/mol. The third-order valence-electron chi connectivity index (χ3n) is 4.96. The molecule has 0 radical (unpaired) electrons. The molecule has 0 saturated heterocycles. The highest BCUT2D eigenvalue weighted by Crippen LogP contribution is 2.33. The van der Waals surface area contributed by atoms with E-state index in [9.17, 15) is 27.9 Å². The van der Waals surface area contributed by atoms with Gasteiger partial charge >= 0.3 is 12.1 Å². The number of anilines is 2. The molecule has 8 nitrogen and oxygen atoms in total. The summed E-state index contributed by atoms with van der Waals surface area (Å²) in [7, 11) is 0. The number of halogens is 3. The Balaban J connectivity index is 1.87. The highest BCUT2D eigenvalue weighted by molar-refractivity contribution is 5.97. The summed E-state index contributed by atoms with van der Waals surface area (Å²) in [6, 6.07) is 10.9. The zero-order chi connectivity index (χ0) is 26.1. The molecule has 2 aromatic carbocycles. The maximum atomic E-state index is 13.1. The molecule has 1 amide bonds. The molecule has 0 bridgehead atoms. The zero-order valence-electron chi connectivity index (χ0n) is 19.0. The second kappa shape index (κ2) is 12.1. The first-order valence-electron chi connectivity index (χ1n) is 10.8. The summed E-state index contributed by atoms with van der Waals surface area (Å²) in [5, 5.41) is 33.3. The number of hydrogen-bond donors (Lipinski definition) is 4. The number of ether oxygens (including phenoxy) is 1. The Labute approximate surface area is 200 Å². The van der Waals surface area contributed by atoms with Crippen molar-refractivity contribution in [3.8, 4) is 11.8 Å². The summed E-state index contributed by atoms with van der Waals surface area (Å²) in [5.74, 6) is -1.42. The minimum absolute atomic E-state index is 0.149. The lowest BCUT2D eigenvalue weighted by Crippen LogP contribution is -2.45. The molecule has 0 aromatic heterocycles. The standard InChI is InChI=1S/C24H26F3N3O5/c1-23(34,22(33)30-18-7-6-16(14-28)20(13-18)24(25,26)27)15-35-19-10-8-17(9-11-19)29-12-4-2-3-5-21(31)32/h6-11,13,29,34H,2-5,12,15H2,1H3,(H,30,33)(H,31,32). The summed E-state index contributed by atoms with van der Waals surface area (Å²) in [4.78, 5) is 22.9. The lowest BCUT2D eigenvalue weighted by atomic mass is 10.1. The SMILES string of the molecule is CC(O)(COc1ccc(NCCCCCC(=O)O)cc1)C(=O)Nc1ccc(C#N)c(C(F)(F)F)c1. The van der Waals surface area contributed by atoms with Crippen molar-refractivity contribution in [3.63, 3.8) is 0 Å². The summed E-state index contributed by atoms with van der Waals surface area (Å²) >= 11 is 0. The number of carboxylic acid groups (broad SMARTS) is 1. The Hall–Kier alpha value is -3.78. The Morgan fingerprint density at radius 3 is 2.31 bits per heavy atom. The van der Waals surface area contributed by atoms with E-state index >= 15 is 0 Å². The number of carbonyl (C=O) groups excluding carboxylic acids is 1. The smallest absolute Gasteiger partial charge is 0.417 e. The maximum absolute atomic E-state index is 13.1. The van der Waals surface area contributed by atoms with Crippen LogP contribution in [0.5, 0.6) is 5.75 Å². The van der Waals surface area contributed by atoms with Gasteiger partial charge in [-0.1, -0.05) is 6.42 Å². The molecule has 2 rings (SSSR count). The second-order valence-corrected chi connectivity index (χ2v) is 8.04. The van der Waals surface area contributed by atoms with Crippen molar-refractivity contribution in [3.05, 3.63) is 53.6 Å². The van der Waals surface area contributed by atoms with Crippen LogP contribution >= 0.6 is 0 Å². The Morgan fingerprint density at radius 1 is 1.06 bits per heavy atom. The van der Waals surface area contributed by atoms with Gasteiger partial charge in [-0.2, -0.15) is 18.4 Å². The number of nitriles is 1. The molecule has 2 aromatic rings. The van der Waals surface area contributed by atoms with Gasteiger partial charge in [0.15, 0.2) is 5.60 Å². The van der Waals surface area contributed by atoms with Gasteiger partial charge in [0.05, 0.1) is 17.2 Å². The molecule has 0 aliphatic heterocycles. The van der Waals surface area contributed by atoms with Crippen LogP contribution in [0.4, 0.5) is 24.5 Å². The number of aliphatic carboxylic acids is 1. The zero-order valence-corrected chi connectivity index (χ0v) is 19.0. The van der Waals surface area contributed by atoms with Crippen molar-refractivity contribution in [2.75, 3.05) is 23.8 Å². The summed E-state index contributed by atoms with van der Waals surface area (Å²) in [6.07, 6.45) is -2.41. The van der Waals surface area contributed by atoms with Crippen LogP contribution in [0.1, 0.15) is 43.7 Å². The largest absolute Gasteiger partial charge is 0.490 e. The molecule has 0 spiro atoms. The van der Waals surface area contributed by atoms with Gasteiger partial charge in [0.2, 0.25) is 0 Å². The summed E-state index contributed by atoms with van der Waals surface area (Å²) < 4.78 is 44.8.